The lowest BCUT2D eigenvalue weighted by molar-refractivity contribution is 0.102. The van der Waals surface area contributed by atoms with Crippen LogP contribution in [0.3, 0.4) is 0 Å². The van der Waals surface area contributed by atoms with Gasteiger partial charge in [-0.15, -0.1) is 0 Å². The summed E-state index contributed by atoms with van der Waals surface area (Å²) in [5.74, 6) is -0.686. The smallest absolute Gasteiger partial charge is 0.274 e. The number of aryl methyl sites for hydroxylation is 2. The summed E-state index contributed by atoms with van der Waals surface area (Å²) >= 11 is 5.72. The number of aromatic nitrogens is 2. The van der Waals surface area contributed by atoms with Crippen molar-refractivity contribution >= 4 is 34.8 Å². The van der Waals surface area contributed by atoms with E-state index in [9.17, 15) is 9.18 Å². The number of nitrogens with zero attached hydrogens (tertiary/aromatic N) is 2. The fourth-order valence-electron chi connectivity index (χ4n) is 2.31. The largest absolute Gasteiger partial charge is 0.324 e. The molecule has 26 heavy (non-hydrogen) atoms. The van der Waals surface area contributed by atoms with Gasteiger partial charge < -0.3 is 10.6 Å². The molecule has 3 rings (SSSR count). The standard InChI is InChI=1S/C19H16ClFN4O/c1-11-3-4-12(2)17(9-11)25-19-22-8-7-16(24-19)18(26)23-13-5-6-15(21)14(20)10-13/h3-10H,1-2H3,(H,23,26)(H,22,24,25). The Bertz CT molecular complexity index is 978. The molecule has 0 aliphatic rings. The highest BCUT2D eigenvalue weighted by atomic mass is 35.5. The molecule has 2 N–H and O–H groups in total. The van der Waals surface area contributed by atoms with Crippen LogP contribution in [0.4, 0.5) is 21.7 Å². The van der Waals surface area contributed by atoms with E-state index in [4.69, 9.17) is 11.6 Å². The summed E-state index contributed by atoms with van der Waals surface area (Å²) in [5.41, 5.74) is 3.56. The highest BCUT2D eigenvalue weighted by Gasteiger charge is 2.11. The van der Waals surface area contributed by atoms with Gasteiger partial charge in [-0.25, -0.2) is 14.4 Å². The molecule has 0 aliphatic heterocycles. The fraction of sp³-hybridized carbons (Fsp3) is 0.105. The lowest BCUT2D eigenvalue weighted by atomic mass is 10.1. The van der Waals surface area contributed by atoms with Crippen LogP contribution in [-0.2, 0) is 0 Å². The molecule has 0 spiro atoms. The summed E-state index contributed by atoms with van der Waals surface area (Å²) < 4.78 is 13.2. The molecule has 0 saturated carbocycles. The van der Waals surface area contributed by atoms with Crippen LogP contribution >= 0.6 is 11.6 Å². The van der Waals surface area contributed by atoms with Gasteiger partial charge in [0.25, 0.3) is 5.91 Å². The Morgan fingerprint density at radius 2 is 1.92 bits per heavy atom. The molecule has 7 heteroatoms. The lowest BCUT2D eigenvalue weighted by Crippen LogP contribution is -2.15. The average molecular weight is 371 g/mol. The molecule has 0 radical (unpaired) electrons. The number of amides is 1. The maximum absolute atomic E-state index is 13.2. The third-order valence-corrected chi connectivity index (χ3v) is 3.99. The van der Waals surface area contributed by atoms with Crippen LogP contribution in [0.2, 0.25) is 5.02 Å². The summed E-state index contributed by atoms with van der Waals surface area (Å²) in [6, 6.07) is 11.4. The van der Waals surface area contributed by atoms with E-state index < -0.39 is 11.7 Å². The monoisotopic (exact) mass is 370 g/mol. The predicted octanol–water partition coefficient (Wildman–Crippen LogP) is 4.88. The third kappa shape index (κ3) is 4.15. The lowest BCUT2D eigenvalue weighted by Gasteiger charge is -2.10. The molecule has 1 heterocycles. The summed E-state index contributed by atoms with van der Waals surface area (Å²) in [6.45, 7) is 3.96. The predicted molar refractivity (Wildman–Crippen MR) is 101 cm³/mol. The average Bonchev–Trinajstić information content (AvgIpc) is 2.61. The first-order valence-corrected chi connectivity index (χ1v) is 8.24. The minimum Gasteiger partial charge on any atom is -0.324 e. The van der Waals surface area contributed by atoms with E-state index in [0.29, 0.717) is 11.6 Å². The molecular formula is C19H16ClFN4O. The summed E-state index contributed by atoms with van der Waals surface area (Å²) in [7, 11) is 0. The molecule has 0 unspecified atom stereocenters. The molecule has 0 atom stereocenters. The van der Waals surface area contributed by atoms with Crippen molar-refractivity contribution in [2.75, 3.05) is 10.6 Å². The first-order chi connectivity index (χ1) is 12.4. The van der Waals surface area contributed by atoms with Gasteiger partial charge in [0, 0.05) is 17.6 Å². The molecule has 0 fully saturated rings. The van der Waals surface area contributed by atoms with Crippen molar-refractivity contribution in [2.45, 2.75) is 13.8 Å². The number of carbonyl (C=O) groups excluding carboxylic acids is 1. The summed E-state index contributed by atoms with van der Waals surface area (Å²) in [6.07, 6.45) is 1.49. The van der Waals surface area contributed by atoms with Gasteiger partial charge in [-0.1, -0.05) is 23.7 Å². The Labute approximate surface area is 155 Å². The highest BCUT2D eigenvalue weighted by molar-refractivity contribution is 6.31. The number of rotatable bonds is 4. The second-order valence-electron chi connectivity index (χ2n) is 5.79. The minimum atomic E-state index is -0.549. The van der Waals surface area contributed by atoms with Crippen molar-refractivity contribution < 1.29 is 9.18 Å². The van der Waals surface area contributed by atoms with Crippen LogP contribution in [0.25, 0.3) is 0 Å². The van der Waals surface area contributed by atoms with Crippen molar-refractivity contribution in [3.05, 3.63) is 76.3 Å². The highest BCUT2D eigenvalue weighted by Crippen LogP contribution is 2.21. The molecule has 132 valence electrons. The minimum absolute atomic E-state index is 0.0669. The second kappa shape index (κ2) is 7.49. The van der Waals surface area contributed by atoms with Gasteiger partial charge in [0.15, 0.2) is 0 Å². The normalized spacial score (nSPS) is 10.5. The van der Waals surface area contributed by atoms with Gasteiger partial charge >= 0.3 is 0 Å². The van der Waals surface area contributed by atoms with E-state index in [1.807, 2.05) is 32.0 Å². The van der Waals surface area contributed by atoms with Crippen LogP contribution in [-0.4, -0.2) is 15.9 Å². The van der Waals surface area contributed by atoms with E-state index in [1.165, 1.54) is 30.5 Å². The van der Waals surface area contributed by atoms with Crippen molar-refractivity contribution in [1.29, 1.82) is 0 Å². The van der Waals surface area contributed by atoms with Crippen molar-refractivity contribution in [1.82, 2.24) is 9.97 Å². The molecular weight excluding hydrogens is 355 g/mol. The van der Waals surface area contributed by atoms with Crippen molar-refractivity contribution in [3.63, 3.8) is 0 Å². The van der Waals surface area contributed by atoms with Crippen LogP contribution in [0.15, 0.2) is 48.7 Å². The van der Waals surface area contributed by atoms with Crippen LogP contribution in [0.1, 0.15) is 21.6 Å². The quantitative estimate of drug-likeness (QED) is 0.686. The number of nitrogens with one attached hydrogen (secondary N) is 2. The molecule has 1 aromatic heterocycles. The van der Waals surface area contributed by atoms with E-state index in [2.05, 4.69) is 20.6 Å². The molecule has 0 aliphatic carbocycles. The molecule has 1 amide bonds. The van der Waals surface area contributed by atoms with Gasteiger partial charge in [0.05, 0.1) is 5.02 Å². The van der Waals surface area contributed by atoms with Crippen LogP contribution < -0.4 is 10.6 Å². The number of halogens is 2. The summed E-state index contributed by atoms with van der Waals surface area (Å²) in [5, 5.41) is 5.68. The Morgan fingerprint density at radius 3 is 2.69 bits per heavy atom. The second-order valence-corrected chi connectivity index (χ2v) is 6.20. The van der Waals surface area contributed by atoms with Gasteiger partial charge in [-0.2, -0.15) is 0 Å². The molecule has 5 nitrogen and oxygen atoms in total. The van der Waals surface area contributed by atoms with Gasteiger partial charge in [0.2, 0.25) is 5.95 Å². The topological polar surface area (TPSA) is 66.9 Å². The zero-order valence-electron chi connectivity index (χ0n) is 14.2. The maximum Gasteiger partial charge on any atom is 0.274 e. The SMILES string of the molecule is Cc1ccc(C)c(Nc2nccc(C(=O)Nc3ccc(F)c(Cl)c3)n2)c1. The number of hydrogen-bond donors (Lipinski definition) is 2. The number of anilines is 3. The number of carbonyl (C=O) groups is 1. The van der Waals surface area contributed by atoms with E-state index >= 15 is 0 Å². The molecule has 2 aromatic carbocycles. The zero-order valence-corrected chi connectivity index (χ0v) is 14.9. The summed E-state index contributed by atoms with van der Waals surface area (Å²) in [4.78, 5) is 20.8. The van der Waals surface area contributed by atoms with Gasteiger partial charge in [0.1, 0.15) is 11.5 Å². The van der Waals surface area contributed by atoms with Gasteiger partial charge in [-0.3, -0.25) is 4.79 Å². The first kappa shape index (κ1) is 17.8. The Balaban J connectivity index is 1.78. The van der Waals surface area contributed by atoms with Gasteiger partial charge in [-0.05, 0) is 55.3 Å². The Hall–Kier alpha value is -2.99. The fourth-order valence-corrected chi connectivity index (χ4v) is 2.49. The third-order valence-electron chi connectivity index (χ3n) is 3.71. The maximum atomic E-state index is 13.2. The number of hydrogen-bond acceptors (Lipinski definition) is 4. The Kier molecular flexibility index (Phi) is 5.14. The van der Waals surface area contributed by atoms with Crippen LogP contribution in [0, 0.1) is 19.7 Å². The van der Waals surface area contributed by atoms with Crippen molar-refractivity contribution in [2.24, 2.45) is 0 Å². The van der Waals surface area contributed by atoms with E-state index in [-0.39, 0.29) is 10.7 Å². The van der Waals surface area contributed by atoms with E-state index in [0.717, 1.165) is 16.8 Å². The number of benzene rings is 2. The van der Waals surface area contributed by atoms with Crippen LogP contribution in [0.5, 0.6) is 0 Å². The zero-order chi connectivity index (χ0) is 18.7. The molecule has 0 saturated heterocycles. The van der Waals surface area contributed by atoms with Crippen molar-refractivity contribution in [3.8, 4) is 0 Å². The first-order valence-electron chi connectivity index (χ1n) is 7.86. The van der Waals surface area contributed by atoms with E-state index in [1.54, 1.807) is 0 Å². The Morgan fingerprint density at radius 1 is 1.12 bits per heavy atom. The molecule has 0 bridgehead atoms. The molecule has 3 aromatic rings.